The highest BCUT2D eigenvalue weighted by molar-refractivity contribution is 5.72. The minimum absolute atomic E-state index is 0.582. The van der Waals surface area contributed by atoms with Crippen molar-refractivity contribution in [2.75, 3.05) is 12.3 Å². The standard InChI is InChI=1S/C19H22N4O/c1-12-9-17-19(21-11-12)23(18(22-17)14-3-4-14)7-8-24-15-5-6-16(20)13(2)10-15/h5-6,9-11,14H,3-4,7-8,20H2,1-2H3. The van der Waals surface area contributed by atoms with Crippen molar-refractivity contribution in [1.82, 2.24) is 14.5 Å². The molecule has 3 aromatic rings. The lowest BCUT2D eigenvalue weighted by atomic mass is 10.2. The summed E-state index contributed by atoms with van der Waals surface area (Å²) in [6, 6.07) is 7.88. The molecular formula is C19H22N4O. The van der Waals surface area contributed by atoms with Crippen LogP contribution in [0.1, 0.15) is 35.7 Å². The lowest BCUT2D eigenvalue weighted by Gasteiger charge is -2.11. The van der Waals surface area contributed by atoms with E-state index in [2.05, 4.69) is 22.5 Å². The maximum absolute atomic E-state index is 5.91. The van der Waals surface area contributed by atoms with Gasteiger partial charge in [-0.3, -0.25) is 0 Å². The Kier molecular flexibility index (Phi) is 3.63. The number of pyridine rings is 1. The first-order valence-corrected chi connectivity index (χ1v) is 8.43. The van der Waals surface area contributed by atoms with Gasteiger partial charge in [-0.15, -0.1) is 0 Å². The lowest BCUT2D eigenvalue weighted by molar-refractivity contribution is 0.298. The van der Waals surface area contributed by atoms with Crippen molar-refractivity contribution in [3.63, 3.8) is 0 Å². The third-order valence-corrected chi connectivity index (χ3v) is 4.52. The molecule has 0 amide bonds. The number of aromatic nitrogens is 3. The van der Waals surface area contributed by atoms with Crippen molar-refractivity contribution >= 4 is 16.9 Å². The number of hydrogen-bond donors (Lipinski definition) is 1. The van der Waals surface area contributed by atoms with Crippen molar-refractivity contribution < 1.29 is 4.74 Å². The number of ether oxygens (including phenoxy) is 1. The van der Waals surface area contributed by atoms with Crippen molar-refractivity contribution in [2.24, 2.45) is 0 Å². The van der Waals surface area contributed by atoms with Crippen LogP contribution in [-0.4, -0.2) is 21.1 Å². The molecule has 1 aliphatic rings. The molecule has 1 fully saturated rings. The Morgan fingerprint density at radius 3 is 2.83 bits per heavy atom. The second kappa shape index (κ2) is 5.82. The number of nitrogens with zero attached hydrogens (tertiary/aromatic N) is 3. The van der Waals surface area contributed by atoms with Crippen LogP contribution in [0.25, 0.3) is 11.2 Å². The van der Waals surface area contributed by atoms with Gasteiger partial charge in [0.2, 0.25) is 0 Å². The molecule has 0 atom stereocenters. The van der Waals surface area contributed by atoms with Gasteiger partial charge < -0.3 is 15.0 Å². The molecule has 2 aromatic heterocycles. The Balaban J connectivity index is 1.55. The van der Waals surface area contributed by atoms with E-state index in [1.807, 2.05) is 31.3 Å². The fourth-order valence-corrected chi connectivity index (χ4v) is 3.00. The Labute approximate surface area is 141 Å². The molecule has 4 rings (SSSR count). The van der Waals surface area contributed by atoms with Crippen LogP contribution < -0.4 is 10.5 Å². The molecule has 2 N–H and O–H groups in total. The number of nitrogen functional groups attached to an aromatic ring is 1. The first kappa shape index (κ1) is 15.0. The highest BCUT2D eigenvalue weighted by Crippen LogP contribution is 2.40. The van der Waals surface area contributed by atoms with Gasteiger partial charge in [0, 0.05) is 17.8 Å². The van der Waals surface area contributed by atoms with E-state index in [1.165, 1.54) is 12.8 Å². The number of nitrogens with two attached hydrogens (primary N) is 1. The van der Waals surface area contributed by atoms with Gasteiger partial charge in [-0.25, -0.2) is 9.97 Å². The summed E-state index contributed by atoms with van der Waals surface area (Å²) in [7, 11) is 0. The van der Waals surface area contributed by atoms with Gasteiger partial charge in [0.15, 0.2) is 5.65 Å². The fourth-order valence-electron chi connectivity index (χ4n) is 3.00. The maximum Gasteiger partial charge on any atom is 0.160 e. The summed E-state index contributed by atoms with van der Waals surface area (Å²) in [5.74, 6) is 2.58. The second-order valence-corrected chi connectivity index (χ2v) is 6.62. The van der Waals surface area contributed by atoms with Gasteiger partial charge >= 0.3 is 0 Å². The quantitative estimate of drug-likeness (QED) is 0.729. The van der Waals surface area contributed by atoms with Gasteiger partial charge in [-0.1, -0.05) is 0 Å². The van der Waals surface area contributed by atoms with E-state index < -0.39 is 0 Å². The van der Waals surface area contributed by atoms with Crippen LogP contribution in [0.15, 0.2) is 30.5 Å². The zero-order valence-corrected chi connectivity index (χ0v) is 14.1. The zero-order chi connectivity index (χ0) is 16.7. The van der Waals surface area contributed by atoms with Crippen LogP contribution in [0.4, 0.5) is 5.69 Å². The number of fused-ring (bicyclic) bond motifs is 1. The lowest BCUT2D eigenvalue weighted by Crippen LogP contribution is -2.11. The minimum Gasteiger partial charge on any atom is -0.492 e. The van der Waals surface area contributed by atoms with Gasteiger partial charge in [0.05, 0.1) is 6.54 Å². The Bertz CT molecular complexity index is 896. The zero-order valence-electron chi connectivity index (χ0n) is 14.1. The van der Waals surface area contributed by atoms with Gasteiger partial charge in [-0.2, -0.15) is 0 Å². The van der Waals surface area contributed by atoms with Crippen LogP contribution in [0.2, 0.25) is 0 Å². The number of imidazole rings is 1. The predicted molar refractivity (Wildman–Crippen MR) is 95.3 cm³/mol. The molecule has 124 valence electrons. The molecule has 0 aliphatic heterocycles. The minimum atomic E-state index is 0.582. The third-order valence-electron chi connectivity index (χ3n) is 4.52. The molecular weight excluding hydrogens is 300 g/mol. The molecule has 2 heterocycles. The summed E-state index contributed by atoms with van der Waals surface area (Å²) < 4.78 is 8.13. The summed E-state index contributed by atoms with van der Waals surface area (Å²) >= 11 is 0. The number of hydrogen-bond acceptors (Lipinski definition) is 4. The van der Waals surface area contributed by atoms with E-state index in [1.54, 1.807) is 0 Å². The molecule has 0 saturated heterocycles. The maximum atomic E-state index is 5.91. The molecule has 0 bridgehead atoms. The molecule has 0 radical (unpaired) electrons. The smallest absolute Gasteiger partial charge is 0.160 e. The van der Waals surface area contributed by atoms with Gasteiger partial charge in [0.1, 0.15) is 23.7 Å². The highest BCUT2D eigenvalue weighted by Gasteiger charge is 2.29. The van der Waals surface area contributed by atoms with Crippen molar-refractivity contribution in [1.29, 1.82) is 0 Å². The Morgan fingerprint density at radius 2 is 2.08 bits per heavy atom. The van der Waals surface area contributed by atoms with Crippen LogP contribution in [0.3, 0.4) is 0 Å². The number of aryl methyl sites for hydroxylation is 2. The summed E-state index contributed by atoms with van der Waals surface area (Å²) in [5.41, 5.74) is 10.8. The average molecular weight is 322 g/mol. The van der Waals surface area contributed by atoms with Gasteiger partial charge in [0.25, 0.3) is 0 Å². The van der Waals surface area contributed by atoms with Crippen LogP contribution in [0.5, 0.6) is 5.75 Å². The Morgan fingerprint density at radius 1 is 1.25 bits per heavy atom. The topological polar surface area (TPSA) is 66.0 Å². The second-order valence-electron chi connectivity index (χ2n) is 6.62. The SMILES string of the molecule is Cc1cnc2c(c1)nc(C1CC1)n2CCOc1ccc(N)c(C)c1. The Hall–Kier alpha value is -2.56. The first-order chi connectivity index (χ1) is 11.6. The molecule has 1 saturated carbocycles. The van der Waals surface area contributed by atoms with Crippen LogP contribution in [-0.2, 0) is 6.54 Å². The van der Waals surface area contributed by atoms with Crippen LogP contribution >= 0.6 is 0 Å². The summed E-state index contributed by atoms with van der Waals surface area (Å²) in [6.07, 6.45) is 4.35. The predicted octanol–water partition coefficient (Wildman–Crippen LogP) is 3.59. The summed E-state index contributed by atoms with van der Waals surface area (Å²) in [4.78, 5) is 9.41. The number of anilines is 1. The monoisotopic (exact) mass is 322 g/mol. The van der Waals surface area contributed by atoms with Crippen molar-refractivity contribution in [2.45, 2.75) is 39.2 Å². The normalized spacial score (nSPS) is 14.2. The molecule has 24 heavy (non-hydrogen) atoms. The van der Waals surface area contributed by atoms with E-state index in [0.29, 0.717) is 12.5 Å². The average Bonchev–Trinajstić information content (AvgIpc) is 3.34. The van der Waals surface area contributed by atoms with Gasteiger partial charge in [-0.05, 0) is 62.1 Å². The summed E-state index contributed by atoms with van der Waals surface area (Å²) in [6.45, 7) is 5.38. The molecule has 5 heteroatoms. The first-order valence-electron chi connectivity index (χ1n) is 8.43. The van der Waals surface area contributed by atoms with E-state index >= 15 is 0 Å². The largest absolute Gasteiger partial charge is 0.492 e. The fraction of sp³-hybridized carbons (Fsp3) is 0.368. The van der Waals surface area contributed by atoms with E-state index in [0.717, 1.165) is 46.1 Å². The van der Waals surface area contributed by atoms with E-state index in [-0.39, 0.29) is 0 Å². The van der Waals surface area contributed by atoms with Crippen LogP contribution in [0, 0.1) is 13.8 Å². The number of rotatable bonds is 5. The molecule has 1 aliphatic carbocycles. The summed E-state index contributed by atoms with van der Waals surface area (Å²) in [5, 5.41) is 0. The molecule has 0 unspecified atom stereocenters. The van der Waals surface area contributed by atoms with E-state index in [4.69, 9.17) is 15.5 Å². The molecule has 1 aromatic carbocycles. The molecule has 0 spiro atoms. The van der Waals surface area contributed by atoms with Crippen molar-refractivity contribution in [3.8, 4) is 5.75 Å². The third kappa shape index (κ3) is 2.82. The molecule has 5 nitrogen and oxygen atoms in total. The highest BCUT2D eigenvalue weighted by atomic mass is 16.5. The number of benzene rings is 1. The van der Waals surface area contributed by atoms with Crippen molar-refractivity contribution in [3.05, 3.63) is 47.4 Å². The van der Waals surface area contributed by atoms with E-state index in [9.17, 15) is 0 Å².